The van der Waals surface area contributed by atoms with Crippen LogP contribution in [0.4, 0.5) is 5.69 Å². The van der Waals surface area contributed by atoms with Crippen molar-refractivity contribution in [3.05, 3.63) is 39.9 Å². The van der Waals surface area contributed by atoms with Crippen LogP contribution in [0.25, 0.3) is 0 Å². The molecular weight excluding hydrogens is 258 g/mol. The molecule has 1 aromatic carbocycles. The Morgan fingerprint density at radius 1 is 1.50 bits per heavy atom. The van der Waals surface area contributed by atoms with E-state index in [0.717, 1.165) is 18.4 Å². The summed E-state index contributed by atoms with van der Waals surface area (Å²) >= 11 is 0. The number of nitro groups is 1. The van der Waals surface area contributed by atoms with Crippen LogP contribution < -0.4 is 11.1 Å². The molecule has 1 rings (SSSR count). The van der Waals surface area contributed by atoms with Crippen molar-refractivity contribution in [1.82, 2.24) is 5.32 Å². The third kappa shape index (κ3) is 4.03. The van der Waals surface area contributed by atoms with Gasteiger partial charge in [-0.3, -0.25) is 20.2 Å². The molecule has 0 aliphatic heterocycles. The molecule has 0 spiro atoms. The van der Waals surface area contributed by atoms with Crippen LogP contribution in [0, 0.1) is 10.1 Å². The maximum atomic E-state index is 11.4. The molecule has 0 heterocycles. The smallest absolute Gasteiger partial charge is 0.269 e. The molecule has 3 N–H and O–H groups in total. The molecule has 0 radical (unpaired) electrons. The highest BCUT2D eigenvalue weighted by molar-refractivity contribution is 5.83. The first-order valence-corrected chi connectivity index (χ1v) is 6.60. The van der Waals surface area contributed by atoms with Crippen LogP contribution in [0.5, 0.6) is 0 Å². The van der Waals surface area contributed by atoms with E-state index in [-0.39, 0.29) is 11.7 Å². The maximum absolute atomic E-state index is 11.4. The number of rotatable bonds is 7. The summed E-state index contributed by atoms with van der Waals surface area (Å²) in [5.41, 5.74) is 5.32. The average Bonchev–Trinajstić information content (AvgIpc) is 2.38. The average molecular weight is 279 g/mol. The topological polar surface area (TPSA) is 98.3 Å². The lowest BCUT2D eigenvalue weighted by atomic mass is 9.96. The number of carbonyl (C=O) groups is 1. The number of amides is 1. The van der Waals surface area contributed by atoms with E-state index in [1.807, 2.05) is 13.0 Å². The van der Waals surface area contributed by atoms with Gasteiger partial charge < -0.3 is 5.73 Å². The van der Waals surface area contributed by atoms with Gasteiger partial charge in [0, 0.05) is 18.2 Å². The SMILES string of the molecule is CCCC(NC(C)(C)C(N)=O)c1cccc([N+](=O)[O-])c1. The van der Waals surface area contributed by atoms with Crippen LogP contribution in [-0.2, 0) is 4.79 Å². The highest BCUT2D eigenvalue weighted by Crippen LogP contribution is 2.25. The molecule has 110 valence electrons. The standard InChI is InChI=1S/C14H21N3O3/c1-4-6-12(16-14(2,3)13(15)18)10-7-5-8-11(9-10)17(19)20/h5,7-9,12,16H,4,6H2,1-3H3,(H2,15,18). The van der Waals surface area contributed by atoms with Crippen molar-refractivity contribution in [2.75, 3.05) is 0 Å². The number of nitrogens with zero attached hydrogens (tertiary/aromatic N) is 1. The van der Waals surface area contributed by atoms with Crippen molar-refractivity contribution in [2.45, 2.75) is 45.2 Å². The largest absolute Gasteiger partial charge is 0.368 e. The first kappa shape index (κ1) is 16.1. The van der Waals surface area contributed by atoms with Crippen LogP contribution in [0.1, 0.15) is 45.2 Å². The van der Waals surface area contributed by atoms with Crippen molar-refractivity contribution >= 4 is 11.6 Å². The molecule has 1 unspecified atom stereocenters. The molecule has 0 aliphatic rings. The van der Waals surface area contributed by atoms with Gasteiger partial charge in [-0.1, -0.05) is 25.5 Å². The molecule has 0 aromatic heterocycles. The molecule has 1 amide bonds. The van der Waals surface area contributed by atoms with E-state index in [9.17, 15) is 14.9 Å². The number of non-ortho nitro benzene ring substituents is 1. The molecule has 6 nitrogen and oxygen atoms in total. The van der Waals surface area contributed by atoms with Gasteiger partial charge in [0.05, 0.1) is 10.5 Å². The van der Waals surface area contributed by atoms with Crippen LogP contribution in [0.3, 0.4) is 0 Å². The van der Waals surface area contributed by atoms with Gasteiger partial charge in [0.25, 0.3) is 5.69 Å². The maximum Gasteiger partial charge on any atom is 0.269 e. The first-order chi connectivity index (χ1) is 9.27. The summed E-state index contributed by atoms with van der Waals surface area (Å²) in [6.45, 7) is 5.42. The number of primary amides is 1. The summed E-state index contributed by atoms with van der Waals surface area (Å²) in [6, 6.07) is 6.30. The predicted octanol–water partition coefficient (Wildman–Crippen LogP) is 2.29. The van der Waals surface area contributed by atoms with Gasteiger partial charge in [0.15, 0.2) is 0 Å². The third-order valence-electron chi connectivity index (χ3n) is 3.21. The minimum absolute atomic E-state index is 0.0438. The van der Waals surface area contributed by atoms with E-state index in [0.29, 0.717) is 0 Å². The second-order valence-corrected chi connectivity index (χ2v) is 5.33. The third-order valence-corrected chi connectivity index (χ3v) is 3.21. The first-order valence-electron chi connectivity index (χ1n) is 6.60. The second kappa shape index (κ2) is 6.47. The summed E-state index contributed by atoms with van der Waals surface area (Å²) in [5.74, 6) is -0.455. The van der Waals surface area contributed by atoms with Crippen LogP contribution >= 0.6 is 0 Å². The normalized spacial score (nSPS) is 12.9. The fraction of sp³-hybridized carbons (Fsp3) is 0.500. The van der Waals surface area contributed by atoms with Gasteiger partial charge in [0.2, 0.25) is 5.91 Å². The van der Waals surface area contributed by atoms with Crippen LogP contribution in [0.2, 0.25) is 0 Å². The summed E-state index contributed by atoms with van der Waals surface area (Å²) in [7, 11) is 0. The van der Waals surface area contributed by atoms with E-state index in [1.165, 1.54) is 12.1 Å². The zero-order valence-corrected chi connectivity index (χ0v) is 12.1. The summed E-state index contributed by atoms with van der Waals surface area (Å²) < 4.78 is 0. The molecule has 0 aliphatic carbocycles. The van der Waals surface area contributed by atoms with E-state index >= 15 is 0 Å². The Hall–Kier alpha value is -1.95. The van der Waals surface area contributed by atoms with Gasteiger partial charge in [-0.05, 0) is 25.8 Å². The number of nitrogens with one attached hydrogen (secondary N) is 1. The molecule has 0 saturated carbocycles. The van der Waals surface area contributed by atoms with Crippen LogP contribution in [0.15, 0.2) is 24.3 Å². The van der Waals surface area contributed by atoms with E-state index in [4.69, 9.17) is 5.73 Å². The molecule has 1 aromatic rings. The minimum atomic E-state index is -0.871. The Morgan fingerprint density at radius 2 is 2.15 bits per heavy atom. The van der Waals surface area contributed by atoms with Gasteiger partial charge in [0.1, 0.15) is 0 Å². The molecular formula is C14H21N3O3. The quantitative estimate of drug-likeness (QED) is 0.591. The lowest BCUT2D eigenvalue weighted by Crippen LogP contribution is -2.51. The molecule has 20 heavy (non-hydrogen) atoms. The Labute approximate surface area is 118 Å². The van der Waals surface area contributed by atoms with Gasteiger partial charge in [-0.2, -0.15) is 0 Å². The number of hydrogen-bond donors (Lipinski definition) is 2. The number of hydrogen-bond acceptors (Lipinski definition) is 4. The van der Waals surface area contributed by atoms with Crippen LogP contribution in [-0.4, -0.2) is 16.4 Å². The minimum Gasteiger partial charge on any atom is -0.368 e. The van der Waals surface area contributed by atoms with Gasteiger partial charge in [-0.25, -0.2) is 0 Å². The van der Waals surface area contributed by atoms with E-state index in [2.05, 4.69) is 5.32 Å². The molecule has 0 bridgehead atoms. The Morgan fingerprint density at radius 3 is 2.65 bits per heavy atom. The number of nitro benzene ring substituents is 1. The zero-order chi connectivity index (χ0) is 15.3. The van der Waals surface area contributed by atoms with E-state index in [1.54, 1.807) is 19.9 Å². The second-order valence-electron chi connectivity index (χ2n) is 5.33. The number of nitrogens with two attached hydrogens (primary N) is 1. The summed E-state index contributed by atoms with van der Waals surface area (Å²) in [4.78, 5) is 21.8. The highest BCUT2D eigenvalue weighted by Gasteiger charge is 2.28. The fourth-order valence-corrected chi connectivity index (χ4v) is 1.97. The molecule has 1 atom stereocenters. The van der Waals surface area contributed by atoms with Crippen molar-refractivity contribution in [3.8, 4) is 0 Å². The number of benzene rings is 1. The van der Waals surface area contributed by atoms with E-state index < -0.39 is 16.4 Å². The van der Waals surface area contributed by atoms with Gasteiger partial charge >= 0.3 is 0 Å². The lowest BCUT2D eigenvalue weighted by Gasteiger charge is -2.29. The fourth-order valence-electron chi connectivity index (χ4n) is 1.97. The summed E-state index contributed by atoms with van der Waals surface area (Å²) in [6.07, 6.45) is 1.65. The molecule has 0 fully saturated rings. The highest BCUT2D eigenvalue weighted by atomic mass is 16.6. The Balaban J connectivity index is 3.04. The number of carbonyl (C=O) groups excluding carboxylic acids is 1. The zero-order valence-electron chi connectivity index (χ0n) is 12.1. The Bertz CT molecular complexity index is 500. The predicted molar refractivity (Wildman–Crippen MR) is 77.2 cm³/mol. The van der Waals surface area contributed by atoms with Gasteiger partial charge in [-0.15, -0.1) is 0 Å². The van der Waals surface area contributed by atoms with Crippen molar-refractivity contribution in [3.63, 3.8) is 0 Å². The lowest BCUT2D eigenvalue weighted by molar-refractivity contribution is -0.384. The van der Waals surface area contributed by atoms with Crippen molar-refractivity contribution in [2.24, 2.45) is 5.73 Å². The Kier molecular flexibility index (Phi) is 5.21. The van der Waals surface area contributed by atoms with Crippen molar-refractivity contribution < 1.29 is 9.72 Å². The monoisotopic (exact) mass is 279 g/mol. The molecule has 0 saturated heterocycles. The van der Waals surface area contributed by atoms with Crippen molar-refractivity contribution in [1.29, 1.82) is 0 Å². The molecule has 6 heteroatoms. The summed E-state index contributed by atoms with van der Waals surface area (Å²) in [5, 5.41) is 14.0.